The summed E-state index contributed by atoms with van der Waals surface area (Å²) in [6.07, 6.45) is 1.88. The maximum atomic E-state index is 3.74. The Bertz CT molecular complexity index is 296. The van der Waals surface area contributed by atoms with Gasteiger partial charge in [-0.25, -0.2) is 0 Å². The zero-order valence-electron chi connectivity index (χ0n) is 7.05. The number of rotatable bonds is 2. The van der Waals surface area contributed by atoms with Crippen molar-refractivity contribution in [2.45, 2.75) is 6.92 Å². The molecule has 0 amide bonds. The van der Waals surface area contributed by atoms with Crippen LogP contribution in [0.4, 0.5) is 0 Å². The second-order valence-electron chi connectivity index (χ2n) is 2.57. The van der Waals surface area contributed by atoms with Crippen molar-refractivity contribution in [3.05, 3.63) is 54.1 Å². The summed E-state index contributed by atoms with van der Waals surface area (Å²) in [4.78, 5) is 0. The highest BCUT2D eigenvalue weighted by atomic mass is 127. The molecule has 0 N–H and O–H groups in total. The number of halogens is 1. The van der Waals surface area contributed by atoms with Crippen molar-refractivity contribution in [3.63, 3.8) is 0 Å². The highest BCUT2D eigenvalue weighted by Gasteiger charge is 1.97. The van der Waals surface area contributed by atoms with E-state index < -0.39 is 0 Å². The minimum absolute atomic E-state index is 1.22. The molecule has 0 aromatic heterocycles. The molecule has 0 fully saturated rings. The summed E-state index contributed by atoms with van der Waals surface area (Å²) >= 11 is 2.34. The van der Waals surface area contributed by atoms with E-state index in [0.717, 1.165) is 0 Å². The number of hydrogen-bond acceptors (Lipinski definition) is 0. The lowest BCUT2D eigenvalue weighted by Crippen LogP contribution is -1.77. The highest BCUT2D eigenvalue weighted by Crippen LogP contribution is 2.25. The normalized spacial score (nSPS) is 12.2. The van der Waals surface area contributed by atoms with E-state index >= 15 is 0 Å². The number of hydrogen-bond donors (Lipinski definition) is 0. The lowest BCUT2D eigenvalue weighted by Gasteiger charge is -2.01. The number of benzene rings is 1. The molecule has 0 radical (unpaired) electrons. The Morgan fingerprint density at radius 3 is 2.42 bits per heavy atom. The van der Waals surface area contributed by atoms with E-state index in [1.807, 2.05) is 24.3 Å². The van der Waals surface area contributed by atoms with Gasteiger partial charge in [-0.1, -0.05) is 43.0 Å². The van der Waals surface area contributed by atoms with Crippen molar-refractivity contribution < 1.29 is 0 Å². The summed E-state index contributed by atoms with van der Waals surface area (Å²) in [7, 11) is 0. The van der Waals surface area contributed by atoms with Crippen molar-refractivity contribution in [2.75, 3.05) is 0 Å². The van der Waals surface area contributed by atoms with Crippen LogP contribution in [0.2, 0.25) is 0 Å². The maximum absolute atomic E-state index is 3.74. The molecule has 1 heteroatoms. The van der Waals surface area contributed by atoms with E-state index in [-0.39, 0.29) is 0 Å². The minimum Gasteiger partial charge on any atom is -0.0988 e. The first-order valence-corrected chi connectivity index (χ1v) is 4.88. The Morgan fingerprint density at radius 1 is 1.33 bits per heavy atom. The van der Waals surface area contributed by atoms with Crippen LogP contribution in [-0.4, -0.2) is 0 Å². The zero-order chi connectivity index (χ0) is 8.97. The molecule has 0 aliphatic rings. The zero-order valence-corrected chi connectivity index (χ0v) is 9.21. The first-order valence-electron chi connectivity index (χ1n) is 3.80. The summed E-state index contributed by atoms with van der Waals surface area (Å²) in [5.41, 5.74) is 2.48. The van der Waals surface area contributed by atoms with Gasteiger partial charge in [0.2, 0.25) is 0 Å². The monoisotopic (exact) mass is 270 g/mol. The van der Waals surface area contributed by atoms with Crippen LogP contribution in [0.25, 0.3) is 3.58 Å². The van der Waals surface area contributed by atoms with Crippen molar-refractivity contribution in [1.82, 2.24) is 0 Å². The van der Waals surface area contributed by atoms with Crippen LogP contribution in [0.1, 0.15) is 12.5 Å². The van der Waals surface area contributed by atoms with Crippen LogP contribution < -0.4 is 0 Å². The topological polar surface area (TPSA) is 0 Å². The van der Waals surface area contributed by atoms with Crippen LogP contribution in [0.5, 0.6) is 0 Å². The molecule has 1 aromatic carbocycles. The Morgan fingerprint density at radius 2 is 1.92 bits per heavy atom. The molecule has 0 aliphatic heterocycles. The van der Waals surface area contributed by atoms with Gasteiger partial charge < -0.3 is 0 Å². The fraction of sp³-hybridized carbons (Fsp3) is 0.0909. The molecule has 1 aromatic rings. The van der Waals surface area contributed by atoms with Gasteiger partial charge in [-0.15, -0.1) is 0 Å². The molecule has 0 bridgehead atoms. The predicted octanol–water partition coefficient (Wildman–Crippen LogP) is 4.04. The quantitative estimate of drug-likeness (QED) is 0.562. The van der Waals surface area contributed by atoms with Crippen LogP contribution >= 0.6 is 22.6 Å². The molecule has 0 spiro atoms. The molecule has 12 heavy (non-hydrogen) atoms. The van der Waals surface area contributed by atoms with Crippen LogP contribution in [0, 0.1) is 0 Å². The van der Waals surface area contributed by atoms with Crippen LogP contribution in [0.3, 0.4) is 0 Å². The largest absolute Gasteiger partial charge is 0.0988 e. The van der Waals surface area contributed by atoms with Crippen molar-refractivity contribution in [3.8, 4) is 0 Å². The molecule has 0 aliphatic carbocycles. The fourth-order valence-corrected chi connectivity index (χ4v) is 1.48. The second-order valence-corrected chi connectivity index (χ2v) is 3.65. The summed E-state index contributed by atoms with van der Waals surface area (Å²) < 4.78 is 1.27. The molecule has 0 heterocycles. The third-order valence-electron chi connectivity index (χ3n) is 1.68. The average Bonchev–Trinajstić information content (AvgIpc) is 2.17. The molecule has 0 saturated carbocycles. The van der Waals surface area contributed by atoms with Crippen molar-refractivity contribution in [1.29, 1.82) is 0 Å². The van der Waals surface area contributed by atoms with Crippen molar-refractivity contribution in [2.24, 2.45) is 0 Å². The predicted molar refractivity (Wildman–Crippen MR) is 63.3 cm³/mol. The third kappa shape index (κ3) is 2.21. The third-order valence-corrected chi connectivity index (χ3v) is 3.15. The first-order chi connectivity index (χ1) is 5.75. The van der Waals surface area contributed by atoms with Gasteiger partial charge in [0.25, 0.3) is 0 Å². The van der Waals surface area contributed by atoms with Crippen molar-refractivity contribution >= 4 is 26.2 Å². The summed E-state index contributed by atoms with van der Waals surface area (Å²) in [5.74, 6) is 0. The molecule has 0 saturated heterocycles. The Kier molecular flexibility index (Phi) is 3.53. The van der Waals surface area contributed by atoms with Gasteiger partial charge in [0, 0.05) is 3.58 Å². The smallest absolute Gasteiger partial charge is 0.0231 e. The van der Waals surface area contributed by atoms with E-state index in [0.29, 0.717) is 0 Å². The van der Waals surface area contributed by atoms with Gasteiger partial charge >= 0.3 is 0 Å². The van der Waals surface area contributed by atoms with Gasteiger partial charge in [0.15, 0.2) is 0 Å². The Balaban J connectivity index is 3.08. The maximum Gasteiger partial charge on any atom is 0.0231 e. The first kappa shape index (κ1) is 9.52. The standard InChI is InChI=1S/C11H11I/c1-3-9(2)11(12)10-7-5-4-6-8-10/h3-8H,1H2,2H3/b11-9-. The average molecular weight is 270 g/mol. The van der Waals surface area contributed by atoms with Gasteiger partial charge in [-0.05, 0) is 40.7 Å². The molecule has 62 valence electrons. The van der Waals surface area contributed by atoms with E-state index in [1.54, 1.807) is 0 Å². The Labute approximate surface area is 87.1 Å². The van der Waals surface area contributed by atoms with E-state index in [9.17, 15) is 0 Å². The molecule has 0 unspecified atom stereocenters. The van der Waals surface area contributed by atoms with E-state index in [2.05, 4.69) is 48.2 Å². The van der Waals surface area contributed by atoms with Gasteiger partial charge in [0.05, 0.1) is 0 Å². The highest BCUT2D eigenvalue weighted by molar-refractivity contribution is 14.1. The molecule has 0 nitrogen and oxygen atoms in total. The second kappa shape index (κ2) is 4.45. The van der Waals surface area contributed by atoms with E-state index in [4.69, 9.17) is 0 Å². The lowest BCUT2D eigenvalue weighted by molar-refractivity contribution is 1.55. The Hall–Kier alpha value is -0.570. The summed E-state index contributed by atoms with van der Waals surface area (Å²) in [5, 5.41) is 0. The van der Waals surface area contributed by atoms with E-state index in [1.165, 1.54) is 14.7 Å². The van der Waals surface area contributed by atoms with Crippen LogP contribution in [0.15, 0.2) is 48.6 Å². The minimum atomic E-state index is 1.22. The lowest BCUT2D eigenvalue weighted by atomic mass is 10.1. The van der Waals surface area contributed by atoms with Gasteiger partial charge in [-0.2, -0.15) is 0 Å². The summed E-state index contributed by atoms with van der Waals surface area (Å²) in [6.45, 7) is 5.82. The SMILES string of the molecule is C=C/C(C)=C(\I)c1ccccc1. The molecule has 1 rings (SSSR count). The van der Waals surface area contributed by atoms with Gasteiger partial charge in [-0.3, -0.25) is 0 Å². The van der Waals surface area contributed by atoms with Gasteiger partial charge in [0.1, 0.15) is 0 Å². The summed E-state index contributed by atoms with van der Waals surface area (Å²) in [6, 6.07) is 10.3. The molecular formula is C11H11I. The number of allylic oxidation sites excluding steroid dienone is 2. The molecular weight excluding hydrogens is 259 g/mol. The fourth-order valence-electron chi connectivity index (χ4n) is 0.902. The molecule has 0 atom stereocenters. The van der Waals surface area contributed by atoms with Crippen LogP contribution in [-0.2, 0) is 0 Å².